The molecular formula is C18H18Br2N2O2. The molecule has 2 aromatic heterocycles. The molecule has 6 heteroatoms. The monoisotopic (exact) mass is 452 g/mol. The normalized spacial score (nSPS) is 12.8. The summed E-state index contributed by atoms with van der Waals surface area (Å²) in [6.07, 6.45) is 13.3. The van der Waals surface area contributed by atoms with Crippen LogP contribution in [0, 0.1) is 0 Å². The van der Waals surface area contributed by atoms with Gasteiger partial charge in [0.2, 0.25) is 5.88 Å². The molecule has 0 saturated heterocycles. The number of nitrogens with zero attached hydrogens (tertiary/aromatic N) is 1. The van der Waals surface area contributed by atoms with E-state index in [0.717, 1.165) is 38.8 Å². The summed E-state index contributed by atoms with van der Waals surface area (Å²) in [5, 5.41) is 0. The van der Waals surface area contributed by atoms with Crippen molar-refractivity contribution < 1.29 is 4.74 Å². The lowest BCUT2D eigenvalue weighted by Gasteiger charge is -2.06. The lowest BCUT2D eigenvalue weighted by molar-refractivity contribution is 0.393. The number of fused-ring (bicyclic) bond motifs is 2. The Hall–Kier alpha value is -1.66. The van der Waals surface area contributed by atoms with Crippen LogP contribution in [0.5, 0.6) is 5.88 Å². The highest BCUT2D eigenvalue weighted by Gasteiger charge is 2.14. The number of H-pyrrole nitrogens is 1. The van der Waals surface area contributed by atoms with Crippen LogP contribution < -0.4 is 10.3 Å². The Morgan fingerprint density at radius 1 is 1.08 bits per heavy atom. The predicted octanol–water partition coefficient (Wildman–Crippen LogP) is 4.76. The third-order valence-corrected chi connectivity index (χ3v) is 5.02. The van der Waals surface area contributed by atoms with Gasteiger partial charge in [0.15, 0.2) is 0 Å². The number of nitrogens with one attached hydrogen (secondary N) is 1. The molecule has 0 unspecified atom stereocenters. The molecule has 0 spiro atoms. The van der Waals surface area contributed by atoms with Crippen LogP contribution >= 0.6 is 31.9 Å². The van der Waals surface area contributed by atoms with E-state index >= 15 is 0 Å². The molecule has 0 fully saturated rings. The van der Waals surface area contributed by atoms with Crippen molar-refractivity contribution in [2.75, 3.05) is 7.11 Å². The Balaban J connectivity index is 0.000000167. The molecule has 2 aromatic rings. The van der Waals surface area contributed by atoms with Crippen LogP contribution in [0.1, 0.15) is 29.7 Å². The molecule has 0 aliphatic heterocycles. The molecule has 24 heavy (non-hydrogen) atoms. The predicted molar refractivity (Wildman–Crippen MR) is 105 cm³/mol. The van der Waals surface area contributed by atoms with Crippen molar-refractivity contribution in [3.8, 4) is 5.88 Å². The number of pyridine rings is 2. The molecule has 0 saturated carbocycles. The zero-order chi connectivity index (χ0) is 16.4. The molecule has 1 N–H and O–H groups in total. The Morgan fingerprint density at radius 2 is 1.71 bits per heavy atom. The first-order valence-electron chi connectivity index (χ1n) is 7.06. The molecule has 126 valence electrons. The molecular weight excluding hydrogens is 436 g/mol. The highest BCUT2D eigenvalue weighted by atomic mass is 79.9. The summed E-state index contributed by atoms with van der Waals surface area (Å²) in [6.45, 7) is 0. The van der Waals surface area contributed by atoms with Crippen LogP contribution in [0.2, 0.25) is 0 Å². The van der Waals surface area contributed by atoms with Gasteiger partial charge in [0.1, 0.15) is 0 Å². The van der Waals surface area contributed by atoms with Crippen LogP contribution in [0.15, 0.2) is 38.3 Å². The molecule has 4 rings (SSSR count). The van der Waals surface area contributed by atoms with Crippen molar-refractivity contribution in [1.82, 2.24) is 9.97 Å². The number of allylic oxidation sites excluding steroid dienone is 2. The Kier molecular flexibility index (Phi) is 6.18. The van der Waals surface area contributed by atoms with Crippen LogP contribution in [-0.4, -0.2) is 17.1 Å². The van der Waals surface area contributed by atoms with E-state index < -0.39 is 0 Å². The van der Waals surface area contributed by atoms with Crippen molar-refractivity contribution in [3.05, 3.63) is 66.1 Å². The molecule has 0 bridgehead atoms. The first-order chi connectivity index (χ1) is 11.1. The van der Waals surface area contributed by atoms with Crippen LogP contribution in [0.3, 0.4) is 0 Å². The van der Waals surface area contributed by atoms with E-state index in [1.807, 2.05) is 12.2 Å². The lowest BCUT2D eigenvalue weighted by Crippen LogP contribution is -2.11. The second-order valence-electron chi connectivity index (χ2n) is 5.08. The van der Waals surface area contributed by atoms with E-state index in [0.29, 0.717) is 0 Å². The summed E-state index contributed by atoms with van der Waals surface area (Å²) in [6, 6.07) is 0. The van der Waals surface area contributed by atoms with Crippen LogP contribution in [0.4, 0.5) is 0 Å². The van der Waals surface area contributed by atoms with Gasteiger partial charge in [-0.15, -0.1) is 0 Å². The number of ether oxygens (including phenoxy) is 1. The van der Waals surface area contributed by atoms with Crippen LogP contribution in [-0.2, 0) is 12.8 Å². The second-order valence-corrected chi connectivity index (χ2v) is 6.79. The SMILES string of the molecule is C.COc1ncc(Br)c2c1CC=C2.O=c1[nH]cc(Br)c2c1CC=C2. The van der Waals surface area contributed by atoms with E-state index in [9.17, 15) is 4.79 Å². The third-order valence-electron chi connectivity index (χ3n) is 3.73. The zero-order valence-corrected chi connectivity index (χ0v) is 15.6. The highest BCUT2D eigenvalue weighted by molar-refractivity contribution is 9.10. The fraction of sp³-hybridized carbons (Fsp3) is 0.222. The minimum Gasteiger partial charge on any atom is -0.481 e. The van der Waals surface area contributed by atoms with E-state index in [2.05, 4.69) is 54.0 Å². The number of hydrogen-bond acceptors (Lipinski definition) is 3. The average Bonchev–Trinajstić information content (AvgIpc) is 3.22. The quantitative estimate of drug-likeness (QED) is 0.676. The van der Waals surface area contributed by atoms with Gasteiger partial charge in [-0.2, -0.15) is 0 Å². The molecule has 0 amide bonds. The van der Waals surface area contributed by atoms with Gasteiger partial charge in [-0.3, -0.25) is 4.79 Å². The second kappa shape index (κ2) is 7.94. The number of aromatic amines is 1. The van der Waals surface area contributed by atoms with E-state index in [-0.39, 0.29) is 13.0 Å². The topological polar surface area (TPSA) is 55.0 Å². The fourth-order valence-electron chi connectivity index (χ4n) is 2.61. The van der Waals surface area contributed by atoms with E-state index in [1.54, 1.807) is 19.5 Å². The minimum absolute atomic E-state index is 0. The standard InChI is InChI=1S/C9H8BrNO.C8H6BrNO.CH4/c1-12-9-7-4-2-3-6(7)8(10)5-11-9;9-7-4-10-8(11)6-3-1-2-5(6)7;/h2-3,5H,4H2,1H3;1-2,4H,3H2,(H,10,11);1H4. The summed E-state index contributed by atoms with van der Waals surface area (Å²) in [5.41, 5.74) is 4.27. The van der Waals surface area contributed by atoms with Crippen molar-refractivity contribution in [2.45, 2.75) is 20.3 Å². The van der Waals surface area contributed by atoms with Gasteiger partial charge in [0.25, 0.3) is 5.56 Å². The van der Waals surface area contributed by atoms with Crippen molar-refractivity contribution in [2.24, 2.45) is 0 Å². The molecule has 2 aliphatic rings. The molecule has 0 aromatic carbocycles. The minimum atomic E-state index is 0. The first-order valence-corrected chi connectivity index (χ1v) is 8.65. The summed E-state index contributed by atoms with van der Waals surface area (Å²) in [4.78, 5) is 18.0. The molecule has 2 heterocycles. The maximum Gasteiger partial charge on any atom is 0.252 e. The van der Waals surface area contributed by atoms with Gasteiger partial charge in [-0.05, 0) is 55.8 Å². The first kappa shape index (κ1) is 18.7. The Morgan fingerprint density at radius 3 is 2.33 bits per heavy atom. The van der Waals surface area contributed by atoms with E-state index in [4.69, 9.17) is 4.74 Å². The number of halogens is 2. The fourth-order valence-corrected chi connectivity index (χ4v) is 3.57. The van der Waals surface area contributed by atoms with Gasteiger partial charge >= 0.3 is 0 Å². The van der Waals surface area contributed by atoms with Gasteiger partial charge in [0.05, 0.1) is 7.11 Å². The summed E-state index contributed by atoms with van der Waals surface area (Å²) in [5.74, 6) is 0.734. The summed E-state index contributed by atoms with van der Waals surface area (Å²) in [7, 11) is 1.65. The van der Waals surface area contributed by atoms with Gasteiger partial charge in [-0.1, -0.05) is 31.7 Å². The maximum atomic E-state index is 11.1. The lowest BCUT2D eigenvalue weighted by atomic mass is 10.2. The van der Waals surface area contributed by atoms with Crippen molar-refractivity contribution >= 4 is 44.0 Å². The molecule has 2 aliphatic carbocycles. The number of aromatic nitrogens is 2. The largest absolute Gasteiger partial charge is 0.481 e. The molecule has 0 atom stereocenters. The van der Waals surface area contributed by atoms with Gasteiger partial charge in [-0.25, -0.2) is 4.98 Å². The molecule has 4 nitrogen and oxygen atoms in total. The molecule has 0 radical (unpaired) electrons. The zero-order valence-electron chi connectivity index (χ0n) is 12.4. The average molecular weight is 454 g/mol. The number of rotatable bonds is 1. The maximum absolute atomic E-state index is 11.1. The number of hydrogen-bond donors (Lipinski definition) is 1. The van der Waals surface area contributed by atoms with E-state index in [1.165, 1.54) is 11.1 Å². The Labute approximate surface area is 157 Å². The Bertz CT molecular complexity index is 870. The highest BCUT2D eigenvalue weighted by Crippen LogP contribution is 2.32. The van der Waals surface area contributed by atoms with Gasteiger partial charge < -0.3 is 9.72 Å². The summed E-state index contributed by atoms with van der Waals surface area (Å²) < 4.78 is 7.13. The van der Waals surface area contributed by atoms with Crippen LogP contribution in [0.25, 0.3) is 12.2 Å². The van der Waals surface area contributed by atoms with Gasteiger partial charge in [0, 0.05) is 32.5 Å². The number of methoxy groups -OCH3 is 1. The van der Waals surface area contributed by atoms with Crippen molar-refractivity contribution in [1.29, 1.82) is 0 Å². The van der Waals surface area contributed by atoms with Crippen molar-refractivity contribution in [3.63, 3.8) is 0 Å². The summed E-state index contributed by atoms with van der Waals surface area (Å²) >= 11 is 6.80. The third kappa shape index (κ3) is 3.54. The smallest absolute Gasteiger partial charge is 0.252 e.